The predicted molar refractivity (Wildman–Crippen MR) is 40.0 cm³/mol. The molecular formula is C5H9Cl3. The lowest BCUT2D eigenvalue weighted by Crippen LogP contribution is -2.06. The standard InChI is InChI=1S/C5H9Cl3/c1-2-3-4(6)5(7)8/h4-5H,2-3H2,1H3. The molecule has 1 unspecified atom stereocenters. The third-order valence-corrected chi connectivity index (χ3v) is 2.17. The van der Waals surface area contributed by atoms with Crippen LogP contribution in [0.25, 0.3) is 0 Å². The molecule has 8 heavy (non-hydrogen) atoms. The average Bonchev–Trinajstić information content (AvgIpc) is 1.67. The maximum absolute atomic E-state index is 5.65. The van der Waals surface area contributed by atoms with Crippen molar-refractivity contribution in [3.8, 4) is 0 Å². The molecule has 0 aromatic carbocycles. The summed E-state index contributed by atoms with van der Waals surface area (Å²) in [5.41, 5.74) is 0. The van der Waals surface area contributed by atoms with Gasteiger partial charge >= 0.3 is 0 Å². The van der Waals surface area contributed by atoms with E-state index in [1.807, 2.05) is 6.92 Å². The fraction of sp³-hybridized carbons (Fsp3) is 1.00. The van der Waals surface area contributed by atoms with Crippen molar-refractivity contribution < 1.29 is 0 Å². The van der Waals surface area contributed by atoms with Gasteiger partial charge in [0.05, 0.1) is 5.38 Å². The Morgan fingerprint density at radius 2 is 1.75 bits per heavy atom. The fourth-order valence-corrected chi connectivity index (χ4v) is 0.872. The molecule has 0 nitrogen and oxygen atoms in total. The van der Waals surface area contributed by atoms with E-state index >= 15 is 0 Å². The Balaban J connectivity index is 3.17. The summed E-state index contributed by atoms with van der Waals surface area (Å²) < 4.78 is 0. The second-order valence-electron chi connectivity index (χ2n) is 1.64. The highest BCUT2D eigenvalue weighted by molar-refractivity contribution is 6.48. The molecule has 0 rings (SSSR count). The van der Waals surface area contributed by atoms with E-state index in [1.165, 1.54) is 0 Å². The molecule has 1 atom stereocenters. The van der Waals surface area contributed by atoms with E-state index in [2.05, 4.69) is 0 Å². The molecule has 0 aromatic heterocycles. The van der Waals surface area contributed by atoms with Crippen molar-refractivity contribution >= 4 is 34.8 Å². The number of hydrogen-bond acceptors (Lipinski definition) is 0. The summed E-state index contributed by atoms with van der Waals surface area (Å²) in [4.78, 5) is -0.420. The van der Waals surface area contributed by atoms with Crippen molar-refractivity contribution in [2.75, 3.05) is 0 Å². The van der Waals surface area contributed by atoms with Gasteiger partial charge in [0.25, 0.3) is 0 Å². The zero-order valence-electron chi connectivity index (χ0n) is 4.70. The van der Waals surface area contributed by atoms with Crippen LogP contribution in [0.15, 0.2) is 0 Å². The van der Waals surface area contributed by atoms with E-state index in [1.54, 1.807) is 0 Å². The van der Waals surface area contributed by atoms with Crippen LogP contribution in [0.1, 0.15) is 19.8 Å². The third kappa shape index (κ3) is 3.82. The van der Waals surface area contributed by atoms with Gasteiger partial charge in [-0.3, -0.25) is 0 Å². The van der Waals surface area contributed by atoms with E-state index in [0.29, 0.717) is 0 Å². The van der Waals surface area contributed by atoms with Crippen molar-refractivity contribution in [3.05, 3.63) is 0 Å². The molecule has 0 heterocycles. The monoisotopic (exact) mass is 174 g/mol. The Bertz CT molecular complexity index is 53.6. The maximum Gasteiger partial charge on any atom is 0.124 e. The fourth-order valence-electron chi connectivity index (χ4n) is 0.402. The van der Waals surface area contributed by atoms with Crippen LogP contribution in [0.3, 0.4) is 0 Å². The van der Waals surface area contributed by atoms with E-state index in [9.17, 15) is 0 Å². The van der Waals surface area contributed by atoms with Crippen LogP contribution < -0.4 is 0 Å². The summed E-state index contributed by atoms with van der Waals surface area (Å²) in [6.45, 7) is 2.05. The van der Waals surface area contributed by atoms with E-state index in [4.69, 9.17) is 34.8 Å². The minimum absolute atomic E-state index is 0.0802. The SMILES string of the molecule is CCCC(Cl)C(Cl)Cl. The lowest BCUT2D eigenvalue weighted by molar-refractivity contribution is 0.765. The van der Waals surface area contributed by atoms with Gasteiger partial charge in [0.2, 0.25) is 0 Å². The number of hydrogen-bond donors (Lipinski definition) is 0. The lowest BCUT2D eigenvalue weighted by Gasteiger charge is -2.06. The molecule has 0 aliphatic rings. The summed E-state index contributed by atoms with van der Waals surface area (Å²) in [5, 5.41) is -0.0802. The van der Waals surface area contributed by atoms with Crippen molar-refractivity contribution in [1.82, 2.24) is 0 Å². The molecule has 50 valence electrons. The molecule has 0 aliphatic heterocycles. The van der Waals surface area contributed by atoms with Crippen LogP contribution in [0.5, 0.6) is 0 Å². The van der Waals surface area contributed by atoms with Crippen LogP contribution in [0.2, 0.25) is 0 Å². The van der Waals surface area contributed by atoms with Gasteiger partial charge < -0.3 is 0 Å². The summed E-state index contributed by atoms with van der Waals surface area (Å²) in [6.07, 6.45) is 1.92. The summed E-state index contributed by atoms with van der Waals surface area (Å²) in [5.74, 6) is 0. The average molecular weight is 175 g/mol. The van der Waals surface area contributed by atoms with Crippen molar-refractivity contribution in [1.29, 1.82) is 0 Å². The predicted octanol–water partition coefficient (Wildman–Crippen LogP) is 3.20. The Kier molecular flexibility index (Phi) is 5.23. The molecule has 3 heteroatoms. The first-order valence-corrected chi connectivity index (χ1v) is 3.91. The molecule has 0 N–H and O–H groups in total. The number of rotatable bonds is 3. The van der Waals surface area contributed by atoms with Gasteiger partial charge in [0, 0.05) is 0 Å². The second kappa shape index (κ2) is 4.72. The Labute approximate surface area is 65.1 Å². The number of alkyl halides is 3. The second-order valence-corrected chi connectivity index (χ2v) is 3.36. The highest BCUT2D eigenvalue weighted by Gasteiger charge is 2.10. The summed E-state index contributed by atoms with van der Waals surface area (Å²) >= 11 is 16.5. The molecule has 0 spiro atoms. The van der Waals surface area contributed by atoms with Crippen LogP contribution >= 0.6 is 34.8 Å². The lowest BCUT2D eigenvalue weighted by atomic mass is 10.3. The van der Waals surface area contributed by atoms with Crippen LogP contribution in [-0.2, 0) is 0 Å². The van der Waals surface area contributed by atoms with Gasteiger partial charge in [-0.15, -0.1) is 34.8 Å². The largest absolute Gasteiger partial charge is 0.124 e. The summed E-state index contributed by atoms with van der Waals surface area (Å²) in [7, 11) is 0. The van der Waals surface area contributed by atoms with Crippen molar-refractivity contribution in [3.63, 3.8) is 0 Å². The third-order valence-electron chi connectivity index (χ3n) is 0.838. The quantitative estimate of drug-likeness (QED) is 0.578. The molecule has 0 saturated carbocycles. The Morgan fingerprint density at radius 1 is 1.25 bits per heavy atom. The topological polar surface area (TPSA) is 0 Å². The maximum atomic E-state index is 5.65. The van der Waals surface area contributed by atoms with Gasteiger partial charge in [0.1, 0.15) is 4.84 Å². The molecule has 0 saturated heterocycles. The van der Waals surface area contributed by atoms with Gasteiger partial charge in [-0.2, -0.15) is 0 Å². The first-order valence-electron chi connectivity index (χ1n) is 2.60. The summed E-state index contributed by atoms with van der Waals surface area (Å²) in [6, 6.07) is 0. The van der Waals surface area contributed by atoms with Gasteiger partial charge in [-0.25, -0.2) is 0 Å². The minimum Gasteiger partial charge on any atom is -0.120 e. The highest BCUT2D eigenvalue weighted by Crippen LogP contribution is 2.18. The molecule has 0 fully saturated rings. The van der Waals surface area contributed by atoms with Gasteiger partial charge in [0.15, 0.2) is 0 Å². The highest BCUT2D eigenvalue weighted by atomic mass is 35.5. The zero-order chi connectivity index (χ0) is 6.57. The molecule has 0 bridgehead atoms. The van der Waals surface area contributed by atoms with E-state index < -0.39 is 4.84 Å². The molecule has 0 aliphatic carbocycles. The minimum atomic E-state index is -0.420. The normalized spacial score (nSPS) is 14.6. The van der Waals surface area contributed by atoms with Crippen LogP contribution in [-0.4, -0.2) is 10.2 Å². The first kappa shape index (κ1) is 8.87. The molecule has 0 amide bonds. The molecular weight excluding hydrogens is 166 g/mol. The zero-order valence-corrected chi connectivity index (χ0v) is 6.97. The molecule has 0 radical (unpaired) electrons. The van der Waals surface area contributed by atoms with E-state index in [-0.39, 0.29) is 5.38 Å². The van der Waals surface area contributed by atoms with E-state index in [0.717, 1.165) is 12.8 Å². The van der Waals surface area contributed by atoms with Gasteiger partial charge in [-0.05, 0) is 6.42 Å². The van der Waals surface area contributed by atoms with Crippen LogP contribution in [0.4, 0.5) is 0 Å². The van der Waals surface area contributed by atoms with Gasteiger partial charge in [-0.1, -0.05) is 13.3 Å². The van der Waals surface area contributed by atoms with Crippen molar-refractivity contribution in [2.24, 2.45) is 0 Å². The Hall–Kier alpha value is 0.870. The van der Waals surface area contributed by atoms with Crippen LogP contribution in [0, 0.1) is 0 Å². The smallest absolute Gasteiger partial charge is 0.120 e. The molecule has 0 aromatic rings. The van der Waals surface area contributed by atoms with Crippen molar-refractivity contribution in [2.45, 2.75) is 30.0 Å². The number of halogens is 3. The Morgan fingerprint density at radius 3 is 1.88 bits per heavy atom. The first-order chi connectivity index (χ1) is 3.68.